The quantitative estimate of drug-likeness (QED) is 0.441. The molecule has 156 valence electrons. The van der Waals surface area contributed by atoms with Gasteiger partial charge in [-0.2, -0.15) is 0 Å². The van der Waals surface area contributed by atoms with Crippen molar-refractivity contribution in [2.45, 2.75) is 32.7 Å². The highest BCUT2D eigenvalue weighted by Gasteiger charge is 2.27. The average Bonchev–Trinajstić information content (AvgIpc) is 3.19. The standard InChI is InChI=1S/C22H31N5O2/c1-3-29-21(28)19-10-14-26(15-11-19)22(23-2)25-12-9-20-24-13-16-27(20)17-18-7-5-4-6-8-18/h4-8,13,16,19H,3,9-12,14-15,17H2,1-2H3,(H,23,25). The predicted molar refractivity (Wildman–Crippen MR) is 114 cm³/mol. The van der Waals surface area contributed by atoms with Gasteiger partial charge in [0.2, 0.25) is 0 Å². The molecular formula is C22H31N5O2. The second-order valence-corrected chi connectivity index (χ2v) is 7.19. The Bertz CT molecular complexity index is 795. The Balaban J connectivity index is 1.47. The van der Waals surface area contributed by atoms with Crippen LogP contribution in [0.1, 0.15) is 31.2 Å². The molecule has 1 aliphatic rings. The van der Waals surface area contributed by atoms with E-state index >= 15 is 0 Å². The lowest BCUT2D eigenvalue weighted by Crippen LogP contribution is -2.47. The normalized spacial score (nSPS) is 15.4. The number of rotatable bonds is 7. The molecule has 1 aliphatic heterocycles. The molecule has 7 heteroatoms. The van der Waals surface area contributed by atoms with Crippen LogP contribution in [0, 0.1) is 5.92 Å². The highest BCUT2D eigenvalue weighted by molar-refractivity contribution is 5.80. The summed E-state index contributed by atoms with van der Waals surface area (Å²) in [6.45, 7) is 5.51. The summed E-state index contributed by atoms with van der Waals surface area (Å²) < 4.78 is 7.34. The van der Waals surface area contributed by atoms with E-state index in [1.54, 1.807) is 7.05 Å². The Labute approximate surface area is 172 Å². The van der Waals surface area contributed by atoms with Crippen molar-refractivity contribution in [3.05, 3.63) is 54.1 Å². The Morgan fingerprint density at radius 1 is 1.28 bits per heavy atom. The third-order valence-electron chi connectivity index (χ3n) is 5.26. The van der Waals surface area contributed by atoms with Gasteiger partial charge in [0, 0.05) is 52.0 Å². The molecule has 0 radical (unpaired) electrons. The minimum absolute atomic E-state index is 0.00905. The minimum Gasteiger partial charge on any atom is -0.466 e. The van der Waals surface area contributed by atoms with Gasteiger partial charge in [-0.1, -0.05) is 30.3 Å². The summed E-state index contributed by atoms with van der Waals surface area (Å²) in [4.78, 5) is 23.1. The Morgan fingerprint density at radius 3 is 2.72 bits per heavy atom. The zero-order valence-electron chi connectivity index (χ0n) is 17.4. The largest absolute Gasteiger partial charge is 0.466 e. The number of nitrogens with zero attached hydrogens (tertiary/aromatic N) is 4. The van der Waals surface area contributed by atoms with Crippen LogP contribution >= 0.6 is 0 Å². The first-order valence-corrected chi connectivity index (χ1v) is 10.4. The summed E-state index contributed by atoms with van der Waals surface area (Å²) in [6, 6.07) is 10.4. The summed E-state index contributed by atoms with van der Waals surface area (Å²) in [6.07, 6.45) is 6.31. The molecule has 2 aromatic rings. The Hall–Kier alpha value is -2.83. The fourth-order valence-corrected chi connectivity index (χ4v) is 3.70. The van der Waals surface area contributed by atoms with Crippen LogP contribution in [0.5, 0.6) is 0 Å². The number of esters is 1. The van der Waals surface area contributed by atoms with Crippen molar-refractivity contribution in [1.29, 1.82) is 0 Å². The van der Waals surface area contributed by atoms with Gasteiger partial charge < -0.3 is 19.5 Å². The van der Waals surface area contributed by atoms with Crippen molar-refractivity contribution in [1.82, 2.24) is 19.8 Å². The van der Waals surface area contributed by atoms with Crippen molar-refractivity contribution in [2.24, 2.45) is 10.9 Å². The summed E-state index contributed by atoms with van der Waals surface area (Å²) in [5.74, 6) is 1.88. The number of guanidine groups is 1. The Kier molecular flexibility index (Phi) is 7.67. The van der Waals surface area contributed by atoms with Crippen LogP contribution in [0.15, 0.2) is 47.7 Å². The van der Waals surface area contributed by atoms with Crippen molar-refractivity contribution < 1.29 is 9.53 Å². The third kappa shape index (κ3) is 5.82. The maximum absolute atomic E-state index is 11.9. The fourth-order valence-electron chi connectivity index (χ4n) is 3.70. The maximum atomic E-state index is 11.9. The first-order chi connectivity index (χ1) is 14.2. The van der Waals surface area contributed by atoms with Crippen LogP contribution in [0.25, 0.3) is 0 Å². The number of imidazole rings is 1. The number of hydrogen-bond donors (Lipinski definition) is 1. The van der Waals surface area contributed by atoms with Crippen molar-refractivity contribution in [2.75, 3.05) is 33.3 Å². The van der Waals surface area contributed by atoms with Crippen LogP contribution in [0.3, 0.4) is 0 Å². The number of benzene rings is 1. The molecule has 0 aliphatic carbocycles. The van der Waals surface area contributed by atoms with Crippen LogP contribution < -0.4 is 5.32 Å². The Morgan fingerprint density at radius 2 is 2.03 bits per heavy atom. The highest BCUT2D eigenvalue weighted by atomic mass is 16.5. The number of likely N-dealkylation sites (tertiary alicyclic amines) is 1. The second-order valence-electron chi connectivity index (χ2n) is 7.19. The van der Waals surface area contributed by atoms with E-state index in [4.69, 9.17) is 4.74 Å². The van der Waals surface area contributed by atoms with Crippen molar-refractivity contribution >= 4 is 11.9 Å². The summed E-state index contributed by atoms with van der Waals surface area (Å²) >= 11 is 0. The van der Waals surface area contributed by atoms with Gasteiger partial charge in [-0.25, -0.2) is 4.98 Å². The number of hydrogen-bond acceptors (Lipinski definition) is 4. The van der Waals surface area contributed by atoms with E-state index in [0.717, 1.165) is 57.2 Å². The minimum atomic E-state index is -0.0691. The first-order valence-electron chi connectivity index (χ1n) is 10.4. The summed E-state index contributed by atoms with van der Waals surface area (Å²) in [5, 5.41) is 3.44. The third-order valence-corrected chi connectivity index (χ3v) is 5.26. The molecule has 1 saturated heterocycles. The van der Waals surface area contributed by atoms with Gasteiger partial charge in [-0.3, -0.25) is 9.79 Å². The van der Waals surface area contributed by atoms with Crippen LogP contribution in [-0.4, -0.2) is 59.7 Å². The van der Waals surface area contributed by atoms with E-state index in [9.17, 15) is 4.79 Å². The molecular weight excluding hydrogens is 366 g/mol. The van der Waals surface area contributed by atoms with Crippen LogP contribution in [-0.2, 0) is 22.5 Å². The molecule has 0 saturated carbocycles. The van der Waals surface area contributed by atoms with E-state index in [1.807, 2.05) is 25.4 Å². The monoisotopic (exact) mass is 397 g/mol. The molecule has 1 aromatic carbocycles. The lowest BCUT2D eigenvalue weighted by molar-refractivity contribution is -0.149. The van der Waals surface area contributed by atoms with E-state index in [0.29, 0.717) is 6.61 Å². The van der Waals surface area contributed by atoms with Gasteiger partial charge in [-0.05, 0) is 25.3 Å². The molecule has 0 atom stereocenters. The molecule has 0 bridgehead atoms. The highest BCUT2D eigenvalue weighted by Crippen LogP contribution is 2.18. The number of carbonyl (C=O) groups is 1. The molecule has 29 heavy (non-hydrogen) atoms. The molecule has 0 spiro atoms. The van der Waals surface area contributed by atoms with E-state index in [1.165, 1.54) is 5.56 Å². The smallest absolute Gasteiger partial charge is 0.309 e. The number of nitrogens with one attached hydrogen (secondary N) is 1. The molecule has 0 unspecified atom stereocenters. The number of aliphatic imine (C=N–C) groups is 1. The second kappa shape index (κ2) is 10.6. The molecule has 1 fully saturated rings. The molecule has 1 N–H and O–H groups in total. The van der Waals surface area contributed by atoms with Crippen LogP contribution in [0.2, 0.25) is 0 Å². The van der Waals surface area contributed by atoms with Crippen LogP contribution in [0.4, 0.5) is 0 Å². The molecule has 3 rings (SSSR count). The number of aromatic nitrogens is 2. The molecule has 0 amide bonds. The van der Waals surface area contributed by atoms with Crippen molar-refractivity contribution in [3.63, 3.8) is 0 Å². The average molecular weight is 398 g/mol. The molecule has 1 aromatic heterocycles. The van der Waals surface area contributed by atoms with E-state index in [2.05, 4.69) is 49.0 Å². The maximum Gasteiger partial charge on any atom is 0.309 e. The number of piperidine rings is 1. The SMILES string of the molecule is CCOC(=O)C1CCN(C(=NC)NCCc2nccn2Cc2ccccc2)CC1. The number of ether oxygens (including phenoxy) is 1. The van der Waals surface area contributed by atoms with Gasteiger partial charge in [0.25, 0.3) is 0 Å². The lowest BCUT2D eigenvalue weighted by Gasteiger charge is -2.33. The first kappa shape index (κ1) is 20.9. The van der Waals surface area contributed by atoms with Crippen molar-refractivity contribution in [3.8, 4) is 0 Å². The summed E-state index contributed by atoms with van der Waals surface area (Å²) in [7, 11) is 1.80. The fraction of sp³-hybridized carbons (Fsp3) is 0.500. The topological polar surface area (TPSA) is 71.8 Å². The van der Waals surface area contributed by atoms with Gasteiger partial charge in [0.05, 0.1) is 12.5 Å². The van der Waals surface area contributed by atoms with E-state index in [-0.39, 0.29) is 11.9 Å². The number of carbonyl (C=O) groups excluding carboxylic acids is 1. The molecule has 2 heterocycles. The van der Waals surface area contributed by atoms with Gasteiger partial charge in [0.15, 0.2) is 5.96 Å². The zero-order valence-corrected chi connectivity index (χ0v) is 17.4. The van der Waals surface area contributed by atoms with Gasteiger partial charge >= 0.3 is 5.97 Å². The molecule has 7 nitrogen and oxygen atoms in total. The summed E-state index contributed by atoms with van der Waals surface area (Å²) in [5.41, 5.74) is 1.26. The predicted octanol–water partition coefficient (Wildman–Crippen LogP) is 2.32. The van der Waals surface area contributed by atoms with E-state index < -0.39 is 0 Å². The van der Waals surface area contributed by atoms with Gasteiger partial charge in [-0.15, -0.1) is 0 Å². The zero-order chi connectivity index (χ0) is 20.5. The lowest BCUT2D eigenvalue weighted by atomic mass is 9.97. The van der Waals surface area contributed by atoms with Gasteiger partial charge in [0.1, 0.15) is 5.82 Å².